The van der Waals surface area contributed by atoms with Gasteiger partial charge in [-0.3, -0.25) is 4.79 Å². The van der Waals surface area contributed by atoms with Crippen LogP contribution in [0.5, 0.6) is 5.75 Å². The van der Waals surface area contributed by atoms with Crippen molar-refractivity contribution in [3.63, 3.8) is 0 Å². The van der Waals surface area contributed by atoms with Crippen LogP contribution in [-0.2, 0) is 4.79 Å². The molecule has 3 rings (SSSR count). The number of likely N-dealkylation sites (tertiary alicyclic amines) is 1. The molecule has 2 amide bonds. The van der Waals surface area contributed by atoms with E-state index < -0.39 is 18.0 Å². The highest BCUT2D eigenvalue weighted by Gasteiger charge is 2.24. The van der Waals surface area contributed by atoms with Crippen LogP contribution >= 0.6 is 0 Å². The van der Waals surface area contributed by atoms with Crippen LogP contribution in [0.15, 0.2) is 24.3 Å². The molecule has 7 nitrogen and oxygen atoms in total. The van der Waals surface area contributed by atoms with Crippen molar-refractivity contribution in [1.29, 1.82) is 0 Å². The topological polar surface area (TPSA) is 99.1 Å². The Morgan fingerprint density at radius 3 is 2.61 bits per heavy atom. The first-order chi connectivity index (χ1) is 14.8. The van der Waals surface area contributed by atoms with Gasteiger partial charge in [-0.2, -0.15) is 0 Å². The number of aliphatic hydroxyl groups is 1. The molecule has 170 valence electrons. The van der Waals surface area contributed by atoms with Crippen LogP contribution in [-0.4, -0.2) is 59.5 Å². The van der Waals surface area contributed by atoms with E-state index in [1.807, 2.05) is 12.1 Å². The Labute approximate surface area is 181 Å². The van der Waals surface area contributed by atoms with Crippen LogP contribution in [0.2, 0.25) is 0 Å². The van der Waals surface area contributed by atoms with Crippen molar-refractivity contribution >= 4 is 17.6 Å². The number of benzene rings is 1. The molecule has 1 aliphatic heterocycles. The van der Waals surface area contributed by atoms with E-state index in [4.69, 9.17) is 9.84 Å². The lowest BCUT2D eigenvalue weighted by Gasteiger charge is -2.29. The van der Waals surface area contributed by atoms with Gasteiger partial charge in [0.2, 0.25) is 5.91 Å². The Morgan fingerprint density at radius 1 is 1.29 bits per heavy atom. The van der Waals surface area contributed by atoms with Crippen molar-refractivity contribution < 1.29 is 28.9 Å². The molecular formula is C23H31FN2O5. The van der Waals surface area contributed by atoms with Gasteiger partial charge in [0.05, 0.1) is 12.7 Å². The van der Waals surface area contributed by atoms with Gasteiger partial charge in [-0.25, -0.2) is 9.18 Å². The Balaban J connectivity index is 1.50. The third kappa shape index (κ3) is 6.43. The largest absolute Gasteiger partial charge is 0.490 e. The van der Waals surface area contributed by atoms with Gasteiger partial charge in [-0.05, 0) is 68.2 Å². The molecule has 2 aliphatic rings. The molecule has 1 heterocycles. The number of carboxylic acid groups (broad SMARTS) is 1. The molecule has 0 aromatic heterocycles. The molecule has 0 radical (unpaired) electrons. The lowest BCUT2D eigenvalue weighted by atomic mass is 9.86. The maximum absolute atomic E-state index is 14.6. The minimum absolute atomic E-state index is 0.0553. The maximum Gasteiger partial charge on any atom is 0.407 e. The van der Waals surface area contributed by atoms with Gasteiger partial charge in [0.25, 0.3) is 0 Å². The zero-order chi connectivity index (χ0) is 22.4. The second kappa shape index (κ2) is 10.6. The number of aliphatic hydroxyl groups excluding tert-OH is 1. The first kappa shape index (κ1) is 23.1. The normalized spacial score (nSPS) is 20.7. The van der Waals surface area contributed by atoms with Crippen molar-refractivity contribution in [2.75, 3.05) is 26.2 Å². The van der Waals surface area contributed by atoms with Crippen LogP contribution in [0.3, 0.4) is 0 Å². The minimum Gasteiger partial charge on any atom is -0.490 e. The first-order valence-electron chi connectivity index (χ1n) is 10.9. The van der Waals surface area contributed by atoms with E-state index in [-0.39, 0.29) is 30.0 Å². The molecule has 0 bridgehead atoms. The molecule has 1 aromatic rings. The molecule has 1 aliphatic carbocycles. The zero-order valence-electron chi connectivity index (χ0n) is 17.8. The molecule has 3 N–H and O–H groups in total. The third-order valence-corrected chi connectivity index (χ3v) is 6.02. The fourth-order valence-corrected chi connectivity index (χ4v) is 4.04. The summed E-state index contributed by atoms with van der Waals surface area (Å²) in [7, 11) is 0. The zero-order valence-corrected chi connectivity index (χ0v) is 17.8. The number of carbonyl (C=O) groups is 2. The van der Waals surface area contributed by atoms with Gasteiger partial charge < -0.3 is 25.2 Å². The summed E-state index contributed by atoms with van der Waals surface area (Å²) in [5.74, 6) is -0.176. The molecule has 0 saturated carbocycles. The molecule has 1 saturated heterocycles. The number of halogens is 1. The summed E-state index contributed by atoms with van der Waals surface area (Å²) in [6, 6.07) is 4.95. The average Bonchev–Trinajstić information content (AvgIpc) is 2.77. The van der Waals surface area contributed by atoms with Gasteiger partial charge in [-0.15, -0.1) is 0 Å². The maximum atomic E-state index is 14.6. The second-order valence-corrected chi connectivity index (χ2v) is 8.46. The Bertz CT molecular complexity index is 818. The number of ether oxygens (including phenoxy) is 1. The number of hydrogen-bond acceptors (Lipinski definition) is 4. The van der Waals surface area contributed by atoms with Crippen LogP contribution < -0.4 is 10.1 Å². The standard InChI is InChI=1S/C23H31FN2O5/c1-15(27)13-25-22(28)18-4-2-17(3-5-18)19-6-7-21(20(24)12-19)31-14-16-8-10-26(11-9-16)23(29)30/h2,6-7,12,15-16,18,27H,3-5,8-11,13-14H2,1H3,(H,25,28)(H,29,30)/t15-,18?/m1/s1. The van der Waals surface area contributed by atoms with Crippen molar-refractivity contribution in [2.45, 2.75) is 45.1 Å². The van der Waals surface area contributed by atoms with Crippen LogP contribution in [0.25, 0.3) is 5.57 Å². The predicted molar refractivity (Wildman–Crippen MR) is 114 cm³/mol. The molecule has 8 heteroatoms. The Kier molecular flexibility index (Phi) is 7.90. The lowest BCUT2D eigenvalue weighted by molar-refractivity contribution is -0.125. The van der Waals surface area contributed by atoms with Crippen LogP contribution in [0.1, 0.15) is 44.6 Å². The smallest absolute Gasteiger partial charge is 0.407 e. The highest BCUT2D eigenvalue weighted by Crippen LogP contribution is 2.32. The van der Waals surface area contributed by atoms with Crippen LogP contribution in [0, 0.1) is 17.7 Å². The van der Waals surface area contributed by atoms with Gasteiger partial charge >= 0.3 is 6.09 Å². The number of rotatable bonds is 7. The number of allylic oxidation sites excluding steroid dienone is 2. The number of carbonyl (C=O) groups excluding carboxylic acids is 1. The van der Waals surface area contributed by atoms with Gasteiger partial charge in [0, 0.05) is 25.6 Å². The van der Waals surface area contributed by atoms with E-state index in [0.717, 1.165) is 11.1 Å². The minimum atomic E-state index is -0.898. The first-order valence-corrected chi connectivity index (χ1v) is 10.9. The van der Waals surface area contributed by atoms with Gasteiger partial charge in [0.15, 0.2) is 11.6 Å². The van der Waals surface area contributed by atoms with Crippen molar-refractivity contribution in [3.8, 4) is 5.75 Å². The number of nitrogens with one attached hydrogen (secondary N) is 1. The van der Waals surface area contributed by atoms with Crippen molar-refractivity contribution in [3.05, 3.63) is 35.7 Å². The Morgan fingerprint density at radius 2 is 2.03 bits per heavy atom. The van der Waals surface area contributed by atoms with Crippen molar-refractivity contribution in [1.82, 2.24) is 10.2 Å². The van der Waals surface area contributed by atoms with E-state index in [0.29, 0.717) is 51.8 Å². The molecular weight excluding hydrogens is 403 g/mol. The summed E-state index contributed by atoms with van der Waals surface area (Å²) in [5, 5.41) is 21.0. The molecule has 0 spiro atoms. The van der Waals surface area contributed by atoms with Crippen molar-refractivity contribution in [2.24, 2.45) is 11.8 Å². The van der Waals surface area contributed by atoms with E-state index in [1.54, 1.807) is 13.0 Å². The van der Waals surface area contributed by atoms with E-state index >= 15 is 0 Å². The molecule has 1 unspecified atom stereocenters. The van der Waals surface area contributed by atoms with Gasteiger partial charge in [0.1, 0.15) is 0 Å². The SMILES string of the molecule is C[C@@H](O)CNC(=O)C1CC=C(c2ccc(OCC3CCN(C(=O)O)CC3)c(F)c2)CC1. The highest BCUT2D eigenvalue weighted by molar-refractivity contribution is 5.80. The molecule has 31 heavy (non-hydrogen) atoms. The fourth-order valence-electron chi connectivity index (χ4n) is 4.04. The van der Waals surface area contributed by atoms with E-state index in [9.17, 15) is 19.1 Å². The number of nitrogens with zero attached hydrogens (tertiary/aromatic N) is 1. The quantitative estimate of drug-likeness (QED) is 0.612. The van der Waals surface area contributed by atoms with Crippen LogP contribution in [0.4, 0.5) is 9.18 Å². The van der Waals surface area contributed by atoms with E-state index in [1.165, 1.54) is 11.0 Å². The monoisotopic (exact) mass is 434 g/mol. The Hall–Kier alpha value is -2.61. The second-order valence-electron chi connectivity index (χ2n) is 8.46. The molecule has 2 atom stereocenters. The summed E-state index contributed by atoms with van der Waals surface area (Å²) in [4.78, 5) is 24.5. The van der Waals surface area contributed by atoms with E-state index in [2.05, 4.69) is 5.32 Å². The molecule has 1 aromatic carbocycles. The van der Waals surface area contributed by atoms with Gasteiger partial charge in [-0.1, -0.05) is 12.1 Å². The highest BCUT2D eigenvalue weighted by atomic mass is 19.1. The lowest BCUT2D eigenvalue weighted by Crippen LogP contribution is -2.38. The summed E-state index contributed by atoms with van der Waals surface area (Å²) in [6.45, 7) is 3.21. The summed E-state index contributed by atoms with van der Waals surface area (Å²) in [6.07, 6.45) is 3.92. The molecule has 1 fully saturated rings. The summed E-state index contributed by atoms with van der Waals surface area (Å²) < 4.78 is 20.3. The average molecular weight is 435 g/mol. The third-order valence-electron chi connectivity index (χ3n) is 6.02. The number of hydrogen-bond donors (Lipinski definition) is 3. The number of amides is 2. The summed E-state index contributed by atoms with van der Waals surface area (Å²) in [5.41, 5.74) is 1.81. The fraction of sp³-hybridized carbons (Fsp3) is 0.565. The summed E-state index contributed by atoms with van der Waals surface area (Å²) >= 11 is 0. The number of piperidine rings is 1. The predicted octanol–water partition coefficient (Wildman–Crippen LogP) is 3.28.